The van der Waals surface area contributed by atoms with E-state index >= 15 is 0 Å². The SMILES string of the molecule is Nc1ncnc2c1c(-c1ccc3nc(Cc4ccccc4)[nH]c3c1)nn2C1CCC(N2CCN(CCO)CC2)CC1. The lowest BCUT2D eigenvalue weighted by molar-refractivity contribution is 0.0629. The maximum Gasteiger partial charge on any atom is 0.164 e. The van der Waals surface area contributed by atoms with Crippen LogP contribution in [0.5, 0.6) is 0 Å². The van der Waals surface area contributed by atoms with Crippen LogP contribution in [0.2, 0.25) is 0 Å². The molecule has 2 aromatic carbocycles. The van der Waals surface area contributed by atoms with Gasteiger partial charge in [-0.15, -0.1) is 0 Å². The van der Waals surface area contributed by atoms with Gasteiger partial charge in [-0.2, -0.15) is 5.10 Å². The Balaban J connectivity index is 1.13. The van der Waals surface area contributed by atoms with Gasteiger partial charge in [-0.3, -0.25) is 9.80 Å². The van der Waals surface area contributed by atoms with E-state index in [0.29, 0.717) is 11.9 Å². The third kappa shape index (κ3) is 5.18. The number of nitrogens with two attached hydrogens (primary N) is 1. The van der Waals surface area contributed by atoms with Gasteiger partial charge in [-0.05, 0) is 43.4 Å². The minimum absolute atomic E-state index is 0.240. The fourth-order valence-electron chi connectivity index (χ4n) is 6.70. The summed E-state index contributed by atoms with van der Waals surface area (Å²) in [4.78, 5) is 22.3. The van der Waals surface area contributed by atoms with Gasteiger partial charge in [0.25, 0.3) is 0 Å². The molecule has 1 aliphatic heterocycles. The third-order valence-corrected chi connectivity index (χ3v) is 8.89. The molecule has 2 fully saturated rings. The van der Waals surface area contributed by atoms with Gasteiger partial charge in [0, 0.05) is 50.7 Å². The fraction of sp³-hybridized carbons (Fsp3) is 0.419. The molecule has 2 aliphatic rings. The summed E-state index contributed by atoms with van der Waals surface area (Å²) in [7, 11) is 0. The van der Waals surface area contributed by atoms with Crippen molar-refractivity contribution in [3.8, 4) is 11.3 Å². The lowest BCUT2D eigenvalue weighted by Crippen LogP contribution is -2.51. The molecule has 1 aliphatic carbocycles. The van der Waals surface area contributed by atoms with Gasteiger partial charge in [0.05, 0.1) is 29.1 Å². The van der Waals surface area contributed by atoms with Crippen molar-refractivity contribution >= 4 is 27.9 Å². The smallest absolute Gasteiger partial charge is 0.164 e. The number of nitrogen functional groups attached to an aromatic ring is 1. The number of rotatable bonds is 7. The maximum atomic E-state index is 9.25. The standard InChI is InChI=1S/C31H37N9O/c32-30-28-29(22-6-11-25-26(19-22)36-27(35-25)18-21-4-2-1-3-5-21)37-40(31(28)34-20-33-30)24-9-7-23(8-10-24)39-14-12-38(13-15-39)16-17-41/h1-6,11,19-20,23-24,41H,7-10,12-18H2,(H,35,36)(H2,32,33,34). The van der Waals surface area contributed by atoms with Gasteiger partial charge < -0.3 is 15.8 Å². The minimum Gasteiger partial charge on any atom is -0.395 e. The molecule has 212 valence electrons. The van der Waals surface area contributed by atoms with Gasteiger partial charge in [-0.25, -0.2) is 19.6 Å². The first-order chi connectivity index (χ1) is 20.2. The number of aliphatic hydroxyl groups is 1. The Hall–Kier alpha value is -3.86. The molecule has 0 amide bonds. The number of hydrogen-bond acceptors (Lipinski definition) is 8. The number of benzene rings is 2. The molecule has 0 atom stereocenters. The second kappa shape index (κ2) is 11.2. The van der Waals surface area contributed by atoms with Crippen LogP contribution in [-0.2, 0) is 6.42 Å². The molecule has 0 unspecified atom stereocenters. The second-order valence-electron chi connectivity index (χ2n) is 11.4. The number of aromatic amines is 1. The Labute approximate surface area is 239 Å². The molecule has 1 saturated heterocycles. The van der Waals surface area contributed by atoms with Gasteiger partial charge in [-0.1, -0.05) is 36.4 Å². The summed E-state index contributed by atoms with van der Waals surface area (Å²) >= 11 is 0. The number of β-amino-alcohol motifs (C(OH)–C–C–N with tert-alkyl or cyclic N) is 1. The van der Waals surface area contributed by atoms with Crippen LogP contribution in [0.25, 0.3) is 33.3 Å². The summed E-state index contributed by atoms with van der Waals surface area (Å²) < 4.78 is 2.11. The first-order valence-corrected chi connectivity index (χ1v) is 14.7. The summed E-state index contributed by atoms with van der Waals surface area (Å²) in [6.45, 7) is 5.26. The largest absolute Gasteiger partial charge is 0.395 e. The molecule has 10 heteroatoms. The summed E-state index contributed by atoms with van der Waals surface area (Å²) in [5, 5.41) is 15.2. The maximum absolute atomic E-state index is 9.25. The highest BCUT2D eigenvalue weighted by molar-refractivity contribution is 5.99. The predicted octanol–water partition coefficient (Wildman–Crippen LogP) is 3.64. The van der Waals surface area contributed by atoms with Crippen molar-refractivity contribution in [1.82, 2.24) is 39.5 Å². The topological polar surface area (TPSA) is 125 Å². The molecule has 41 heavy (non-hydrogen) atoms. The van der Waals surface area contributed by atoms with E-state index in [1.54, 1.807) is 6.33 Å². The van der Waals surface area contributed by atoms with Crippen molar-refractivity contribution in [3.05, 3.63) is 66.2 Å². The van der Waals surface area contributed by atoms with Crippen LogP contribution < -0.4 is 5.73 Å². The van der Waals surface area contributed by atoms with E-state index in [0.717, 1.165) is 104 Å². The number of H-pyrrole nitrogens is 1. The molecule has 0 bridgehead atoms. The summed E-state index contributed by atoms with van der Waals surface area (Å²) in [6.07, 6.45) is 6.71. The van der Waals surface area contributed by atoms with Gasteiger partial charge in [0.15, 0.2) is 5.65 Å². The average Bonchev–Trinajstić information content (AvgIpc) is 3.60. The van der Waals surface area contributed by atoms with Gasteiger partial charge in [0.2, 0.25) is 0 Å². The number of nitrogens with zero attached hydrogens (tertiary/aromatic N) is 7. The first-order valence-electron chi connectivity index (χ1n) is 14.7. The molecular formula is C31H37N9O. The lowest BCUT2D eigenvalue weighted by Gasteiger charge is -2.41. The number of aromatic nitrogens is 6. The van der Waals surface area contributed by atoms with E-state index in [2.05, 4.69) is 65.8 Å². The monoisotopic (exact) mass is 551 g/mol. The number of hydrogen-bond donors (Lipinski definition) is 3. The zero-order valence-electron chi connectivity index (χ0n) is 23.3. The van der Waals surface area contributed by atoms with E-state index in [4.69, 9.17) is 15.8 Å². The van der Waals surface area contributed by atoms with Crippen LogP contribution >= 0.6 is 0 Å². The quantitative estimate of drug-likeness (QED) is 0.280. The highest BCUT2D eigenvalue weighted by Gasteiger charge is 2.31. The van der Waals surface area contributed by atoms with Crippen molar-refractivity contribution in [2.75, 3.05) is 45.1 Å². The molecule has 4 heterocycles. The highest BCUT2D eigenvalue weighted by Crippen LogP contribution is 2.37. The zero-order chi connectivity index (χ0) is 27.8. The number of anilines is 1. The zero-order valence-corrected chi connectivity index (χ0v) is 23.3. The number of imidazole rings is 1. The Morgan fingerprint density at radius 1 is 0.927 bits per heavy atom. The molecule has 0 radical (unpaired) electrons. The predicted molar refractivity (Wildman–Crippen MR) is 160 cm³/mol. The van der Waals surface area contributed by atoms with Crippen LogP contribution in [0.1, 0.15) is 43.1 Å². The van der Waals surface area contributed by atoms with E-state index in [9.17, 15) is 5.11 Å². The normalized spacial score (nSPS) is 20.7. The average molecular weight is 552 g/mol. The second-order valence-corrected chi connectivity index (χ2v) is 11.4. The number of piperazine rings is 1. The molecule has 3 aromatic heterocycles. The van der Waals surface area contributed by atoms with E-state index in [1.165, 1.54) is 5.56 Å². The summed E-state index contributed by atoms with van der Waals surface area (Å²) in [6, 6.07) is 17.5. The van der Waals surface area contributed by atoms with Crippen molar-refractivity contribution in [2.45, 2.75) is 44.2 Å². The number of nitrogens with one attached hydrogen (secondary N) is 1. The van der Waals surface area contributed by atoms with Gasteiger partial charge in [0.1, 0.15) is 23.7 Å². The Bertz CT molecular complexity index is 1630. The van der Waals surface area contributed by atoms with Gasteiger partial charge >= 0.3 is 0 Å². The van der Waals surface area contributed by atoms with Crippen LogP contribution in [0, 0.1) is 0 Å². The molecule has 4 N–H and O–H groups in total. The van der Waals surface area contributed by atoms with E-state index in [1.807, 2.05) is 12.1 Å². The van der Waals surface area contributed by atoms with Crippen molar-refractivity contribution in [1.29, 1.82) is 0 Å². The Morgan fingerprint density at radius 3 is 2.49 bits per heavy atom. The minimum atomic E-state index is 0.240. The highest BCUT2D eigenvalue weighted by atomic mass is 16.3. The summed E-state index contributed by atoms with van der Waals surface area (Å²) in [5.74, 6) is 1.40. The van der Waals surface area contributed by atoms with Crippen LogP contribution in [0.3, 0.4) is 0 Å². The molecule has 1 saturated carbocycles. The van der Waals surface area contributed by atoms with Crippen molar-refractivity contribution in [3.63, 3.8) is 0 Å². The van der Waals surface area contributed by atoms with Crippen LogP contribution in [0.4, 0.5) is 5.82 Å². The lowest BCUT2D eigenvalue weighted by atomic mass is 9.90. The van der Waals surface area contributed by atoms with Crippen LogP contribution in [-0.4, -0.2) is 90.0 Å². The molecule has 7 rings (SSSR count). The Morgan fingerprint density at radius 2 is 1.71 bits per heavy atom. The molecule has 5 aromatic rings. The number of aliphatic hydroxyl groups excluding tert-OH is 1. The third-order valence-electron chi connectivity index (χ3n) is 8.89. The summed E-state index contributed by atoms with van der Waals surface area (Å²) in [5.41, 5.74) is 12.2. The molecular weight excluding hydrogens is 514 g/mol. The van der Waals surface area contributed by atoms with Crippen molar-refractivity contribution in [2.24, 2.45) is 0 Å². The Kier molecular flexibility index (Phi) is 7.12. The first kappa shape index (κ1) is 26.1. The fourth-order valence-corrected chi connectivity index (χ4v) is 6.70. The van der Waals surface area contributed by atoms with Crippen molar-refractivity contribution < 1.29 is 5.11 Å². The van der Waals surface area contributed by atoms with Crippen LogP contribution in [0.15, 0.2) is 54.9 Å². The number of fused-ring (bicyclic) bond motifs is 2. The van der Waals surface area contributed by atoms with E-state index in [-0.39, 0.29) is 12.6 Å². The molecule has 10 nitrogen and oxygen atoms in total. The molecule has 0 spiro atoms. The van der Waals surface area contributed by atoms with E-state index < -0.39 is 0 Å².